The van der Waals surface area contributed by atoms with E-state index < -0.39 is 0 Å². The van der Waals surface area contributed by atoms with Crippen molar-refractivity contribution in [3.8, 4) is 0 Å². The highest BCUT2D eigenvalue weighted by molar-refractivity contribution is 5.02. The lowest BCUT2D eigenvalue weighted by molar-refractivity contribution is -0.487. The van der Waals surface area contributed by atoms with Crippen LogP contribution < -0.4 is 0 Å². The second-order valence-corrected chi connectivity index (χ2v) is 3.40. The number of nitro groups is 1. The van der Waals surface area contributed by atoms with Crippen molar-refractivity contribution < 1.29 is 4.92 Å². The monoisotopic (exact) mass is 171 g/mol. The van der Waals surface area contributed by atoms with Gasteiger partial charge in [0.1, 0.15) is 0 Å². The van der Waals surface area contributed by atoms with Crippen molar-refractivity contribution in [2.24, 2.45) is 11.8 Å². The Morgan fingerprint density at radius 2 is 2.08 bits per heavy atom. The van der Waals surface area contributed by atoms with E-state index in [9.17, 15) is 10.1 Å². The van der Waals surface area contributed by atoms with Crippen LogP contribution in [0.4, 0.5) is 0 Å². The standard InChI is InChI=1S/C9H17NO2/c1-5-8(4)9(7(2)3)6-10(11)12/h5,7,9H,6H2,1-4H3/t9-/m0/s1. The Bertz CT molecular complexity index is 185. The van der Waals surface area contributed by atoms with E-state index in [1.54, 1.807) is 0 Å². The molecule has 0 bridgehead atoms. The highest BCUT2D eigenvalue weighted by Crippen LogP contribution is 2.19. The zero-order valence-electron chi connectivity index (χ0n) is 8.20. The minimum atomic E-state index is -0.238. The predicted octanol–water partition coefficient (Wildman–Crippen LogP) is 2.50. The molecule has 0 unspecified atom stereocenters. The zero-order chi connectivity index (χ0) is 9.72. The minimum Gasteiger partial charge on any atom is -0.265 e. The molecule has 0 radical (unpaired) electrons. The predicted molar refractivity (Wildman–Crippen MR) is 49.6 cm³/mol. The summed E-state index contributed by atoms with van der Waals surface area (Å²) in [4.78, 5) is 10.1. The highest BCUT2D eigenvalue weighted by atomic mass is 16.6. The maximum absolute atomic E-state index is 10.3. The molecule has 0 spiro atoms. The van der Waals surface area contributed by atoms with Crippen LogP contribution in [0.5, 0.6) is 0 Å². The van der Waals surface area contributed by atoms with Crippen LogP contribution in [0.2, 0.25) is 0 Å². The molecule has 12 heavy (non-hydrogen) atoms. The normalized spacial score (nSPS) is 14.9. The van der Waals surface area contributed by atoms with Gasteiger partial charge in [0.05, 0.1) is 0 Å². The van der Waals surface area contributed by atoms with Crippen molar-refractivity contribution >= 4 is 0 Å². The summed E-state index contributed by atoms with van der Waals surface area (Å²) < 4.78 is 0. The van der Waals surface area contributed by atoms with E-state index in [0.717, 1.165) is 5.57 Å². The molecule has 3 nitrogen and oxygen atoms in total. The Labute approximate surface area is 73.6 Å². The van der Waals surface area contributed by atoms with Gasteiger partial charge < -0.3 is 0 Å². The van der Waals surface area contributed by atoms with Crippen molar-refractivity contribution in [1.29, 1.82) is 0 Å². The van der Waals surface area contributed by atoms with Crippen molar-refractivity contribution in [2.75, 3.05) is 6.54 Å². The fraction of sp³-hybridized carbons (Fsp3) is 0.778. The van der Waals surface area contributed by atoms with Gasteiger partial charge in [-0.15, -0.1) is 0 Å². The molecule has 0 aliphatic carbocycles. The topological polar surface area (TPSA) is 43.1 Å². The fourth-order valence-electron chi connectivity index (χ4n) is 1.26. The van der Waals surface area contributed by atoms with Crippen LogP contribution in [0.25, 0.3) is 0 Å². The largest absolute Gasteiger partial charge is 0.265 e. The summed E-state index contributed by atoms with van der Waals surface area (Å²) >= 11 is 0. The highest BCUT2D eigenvalue weighted by Gasteiger charge is 2.20. The second-order valence-electron chi connectivity index (χ2n) is 3.40. The first-order chi connectivity index (χ1) is 5.49. The van der Waals surface area contributed by atoms with Crippen LogP contribution in [-0.2, 0) is 0 Å². The van der Waals surface area contributed by atoms with Crippen LogP contribution in [0.15, 0.2) is 11.6 Å². The minimum absolute atomic E-state index is 0.0494. The summed E-state index contributed by atoms with van der Waals surface area (Å²) in [6.45, 7) is 7.95. The van der Waals surface area contributed by atoms with Gasteiger partial charge in [0.2, 0.25) is 6.54 Å². The molecule has 3 heteroatoms. The average Bonchev–Trinajstić information content (AvgIpc) is 1.98. The van der Waals surface area contributed by atoms with Gasteiger partial charge in [-0.2, -0.15) is 0 Å². The van der Waals surface area contributed by atoms with Crippen LogP contribution >= 0.6 is 0 Å². The summed E-state index contributed by atoms with van der Waals surface area (Å²) in [5.74, 6) is 0.427. The number of allylic oxidation sites excluding steroid dienone is 1. The van der Waals surface area contributed by atoms with Gasteiger partial charge in [0, 0.05) is 10.8 Å². The maximum Gasteiger partial charge on any atom is 0.210 e. The summed E-state index contributed by atoms with van der Waals surface area (Å²) in [7, 11) is 0. The van der Waals surface area contributed by atoms with Crippen molar-refractivity contribution in [1.82, 2.24) is 0 Å². The van der Waals surface area contributed by atoms with E-state index in [4.69, 9.17) is 0 Å². The molecule has 0 aliphatic heterocycles. The Hall–Kier alpha value is -0.860. The first-order valence-electron chi connectivity index (χ1n) is 4.23. The maximum atomic E-state index is 10.3. The third-order valence-electron chi connectivity index (χ3n) is 2.19. The molecule has 1 atom stereocenters. The smallest absolute Gasteiger partial charge is 0.210 e. The number of rotatable bonds is 4. The lowest BCUT2D eigenvalue weighted by atomic mass is 9.89. The molecule has 0 aromatic heterocycles. The Kier molecular flexibility index (Phi) is 4.55. The van der Waals surface area contributed by atoms with Crippen LogP contribution in [0.1, 0.15) is 27.7 Å². The van der Waals surface area contributed by atoms with Crippen molar-refractivity contribution in [3.05, 3.63) is 21.8 Å². The lowest BCUT2D eigenvalue weighted by Crippen LogP contribution is -2.20. The number of hydrogen-bond donors (Lipinski definition) is 0. The quantitative estimate of drug-likeness (QED) is 0.370. The van der Waals surface area contributed by atoms with Gasteiger partial charge in [0.25, 0.3) is 0 Å². The van der Waals surface area contributed by atoms with E-state index in [2.05, 4.69) is 0 Å². The Morgan fingerprint density at radius 3 is 2.33 bits per heavy atom. The van der Waals surface area contributed by atoms with E-state index in [-0.39, 0.29) is 17.4 Å². The zero-order valence-corrected chi connectivity index (χ0v) is 8.20. The van der Waals surface area contributed by atoms with Crippen LogP contribution in [0, 0.1) is 22.0 Å². The van der Waals surface area contributed by atoms with Gasteiger partial charge in [-0.1, -0.05) is 25.5 Å². The Morgan fingerprint density at radius 1 is 1.58 bits per heavy atom. The van der Waals surface area contributed by atoms with Gasteiger partial charge in [-0.05, 0) is 19.8 Å². The molecule has 0 aromatic carbocycles. The Balaban J connectivity index is 4.34. The first kappa shape index (κ1) is 11.1. The number of hydrogen-bond acceptors (Lipinski definition) is 2. The van der Waals surface area contributed by atoms with E-state index in [1.165, 1.54) is 0 Å². The molecule has 0 saturated carbocycles. The summed E-state index contributed by atoms with van der Waals surface area (Å²) in [5.41, 5.74) is 1.11. The second kappa shape index (κ2) is 4.91. The molecular weight excluding hydrogens is 154 g/mol. The third kappa shape index (κ3) is 3.51. The molecule has 0 aromatic rings. The summed E-state index contributed by atoms with van der Waals surface area (Å²) in [5, 5.41) is 10.3. The van der Waals surface area contributed by atoms with Crippen molar-refractivity contribution in [2.45, 2.75) is 27.7 Å². The van der Waals surface area contributed by atoms with Crippen LogP contribution in [0.3, 0.4) is 0 Å². The summed E-state index contributed by atoms with van der Waals surface area (Å²) in [6.07, 6.45) is 1.95. The summed E-state index contributed by atoms with van der Waals surface area (Å²) in [6, 6.07) is 0. The molecular formula is C9H17NO2. The average molecular weight is 171 g/mol. The molecule has 0 amide bonds. The van der Waals surface area contributed by atoms with E-state index in [1.807, 2.05) is 33.8 Å². The van der Waals surface area contributed by atoms with E-state index in [0.29, 0.717) is 5.92 Å². The van der Waals surface area contributed by atoms with Gasteiger partial charge in [0.15, 0.2) is 0 Å². The lowest BCUT2D eigenvalue weighted by Gasteiger charge is -2.16. The SMILES string of the molecule is CC=C(C)[C@@H](C[N+](=O)[O-])C(C)C. The molecule has 0 N–H and O–H groups in total. The molecule has 0 aliphatic rings. The molecule has 0 rings (SSSR count). The molecule has 0 saturated heterocycles. The third-order valence-corrected chi connectivity index (χ3v) is 2.19. The molecule has 70 valence electrons. The molecule has 0 heterocycles. The van der Waals surface area contributed by atoms with Gasteiger partial charge >= 0.3 is 0 Å². The van der Waals surface area contributed by atoms with Gasteiger partial charge in [-0.25, -0.2) is 0 Å². The van der Waals surface area contributed by atoms with Crippen molar-refractivity contribution in [3.63, 3.8) is 0 Å². The molecule has 0 fully saturated rings. The van der Waals surface area contributed by atoms with E-state index >= 15 is 0 Å². The fourth-order valence-corrected chi connectivity index (χ4v) is 1.26. The van der Waals surface area contributed by atoms with Gasteiger partial charge in [-0.3, -0.25) is 10.1 Å². The first-order valence-corrected chi connectivity index (χ1v) is 4.23. The number of nitrogens with zero attached hydrogens (tertiary/aromatic N) is 1. The van der Waals surface area contributed by atoms with Crippen LogP contribution in [-0.4, -0.2) is 11.5 Å².